The van der Waals surface area contributed by atoms with Gasteiger partial charge in [0.15, 0.2) is 5.78 Å². The first-order chi connectivity index (χ1) is 7.72. The summed E-state index contributed by atoms with van der Waals surface area (Å²) in [6.45, 7) is 4.81. The summed E-state index contributed by atoms with van der Waals surface area (Å²) in [5, 5.41) is 2.88. The Morgan fingerprint density at radius 1 is 1.19 bits per heavy atom. The van der Waals surface area contributed by atoms with Crippen molar-refractivity contribution >= 4 is 5.78 Å². The van der Waals surface area contributed by atoms with Gasteiger partial charge in [-0.15, -0.1) is 0 Å². The molecule has 1 aromatic rings. The molecule has 88 valence electrons. The van der Waals surface area contributed by atoms with E-state index in [-0.39, 0.29) is 5.78 Å². The van der Waals surface area contributed by atoms with Gasteiger partial charge < -0.3 is 5.32 Å². The first-order valence-electron chi connectivity index (χ1n) is 6.00. The number of carbonyl (C=O) groups excluding carboxylic acids is 1. The molecule has 2 heteroatoms. The lowest BCUT2D eigenvalue weighted by Crippen LogP contribution is -2.18. The minimum absolute atomic E-state index is 0.151. The normalized spacial score (nSPS) is 10.8. The Hall–Kier alpha value is -1.15. The maximum Gasteiger partial charge on any atom is 0.176 e. The highest BCUT2D eigenvalue weighted by Crippen LogP contribution is 2.22. The third-order valence-electron chi connectivity index (χ3n) is 3.03. The third kappa shape index (κ3) is 3.17. The van der Waals surface area contributed by atoms with Crippen LogP contribution >= 0.6 is 0 Å². The minimum atomic E-state index is 0.151. The standard InChI is InChI=1S/C14H21NO/c1-4-11(5-2)12-6-8-13(9-7-12)14(16)10-15-3/h6-9,11,15H,4-5,10H2,1-3H3. The SMILES string of the molecule is CCC(CC)c1ccc(C(=O)CNC)cc1. The van der Waals surface area contributed by atoms with Gasteiger partial charge in [0.2, 0.25) is 0 Å². The lowest BCUT2D eigenvalue weighted by atomic mass is 9.93. The average Bonchev–Trinajstić information content (AvgIpc) is 2.32. The monoisotopic (exact) mass is 219 g/mol. The molecular weight excluding hydrogens is 198 g/mol. The first kappa shape index (κ1) is 12.9. The number of hydrogen-bond donors (Lipinski definition) is 1. The van der Waals surface area contributed by atoms with Crippen molar-refractivity contribution in [3.63, 3.8) is 0 Å². The van der Waals surface area contributed by atoms with Gasteiger partial charge in [-0.1, -0.05) is 38.1 Å². The minimum Gasteiger partial charge on any atom is -0.313 e. The molecule has 0 bridgehead atoms. The van der Waals surface area contributed by atoms with E-state index < -0.39 is 0 Å². The van der Waals surface area contributed by atoms with Crippen LogP contribution in [-0.2, 0) is 0 Å². The van der Waals surface area contributed by atoms with Crippen molar-refractivity contribution < 1.29 is 4.79 Å². The van der Waals surface area contributed by atoms with Gasteiger partial charge in [0.25, 0.3) is 0 Å². The third-order valence-corrected chi connectivity index (χ3v) is 3.03. The van der Waals surface area contributed by atoms with Gasteiger partial charge in [0.1, 0.15) is 0 Å². The fourth-order valence-corrected chi connectivity index (χ4v) is 1.96. The van der Waals surface area contributed by atoms with Crippen LogP contribution in [0.1, 0.15) is 48.5 Å². The highest BCUT2D eigenvalue weighted by molar-refractivity contribution is 5.97. The molecule has 0 spiro atoms. The van der Waals surface area contributed by atoms with Crippen molar-refractivity contribution in [3.8, 4) is 0 Å². The van der Waals surface area contributed by atoms with E-state index in [2.05, 4.69) is 31.3 Å². The van der Waals surface area contributed by atoms with Crippen LogP contribution in [0.25, 0.3) is 0 Å². The molecule has 16 heavy (non-hydrogen) atoms. The number of likely N-dealkylation sites (N-methyl/N-ethyl adjacent to an activating group) is 1. The van der Waals surface area contributed by atoms with Crippen LogP contribution in [0, 0.1) is 0 Å². The van der Waals surface area contributed by atoms with E-state index in [1.165, 1.54) is 5.56 Å². The summed E-state index contributed by atoms with van der Waals surface area (Å²) in [5.74, 6) is 0.770. The number of ketones is 1. The maximum atomic E-state index is 11.6. The molecule has 0 aliphatic rings. The van der Waals surface area contributed by atoms with Gasteiger partial charge in [-0.2, -0.15) is 0 Å². The van der Waals surface area contributed by atoms with E-state index in [9.17, 15) is 4.79 Å². The molecule has 1 aromatic carbocycles. The van der Waals surface area contributed by atoms with Crippen molar-refractivity contribution in [2.45, 2.75) is 32.6 Å². The largest absolute Gasteiger partial charge is 0.313 e. The molecule has 0 atom stereocenters. The Kier molecular flexibility index (Phi) is 5.20. The highest BCUT2D eigenvalue weighted by atomic mass is 16.1. The fraction of sp³-hybridized carbons (Fsp3) is 0.500. The van der Waals surface area contributed by atoms with Crippen molar-refractivity contribution in [3.05, 3.63) is 35.4 Å². The van der Waals surface area contributed by atoms with E-state index in [1.54, 1.807) is 7.05 Å². The number of carbonyl (C=O) groups is 1. The molecule has 0 unspecified atom stereocenters. The molecule has 0 saturated heterocycles. The number of rotatable bonds is 6. The second-order valence-electron chi connectivity index (χ2n) is 4.09. The molecule has 0 radical (unpaired) electrons. The molecule has 0 saturated carbocycles. The van der Waals surface area contributed by atoms with Gasteiger partial charge >= 0.3 is 0 Å². The van der Waals surface area contributed by atoms with Crippen LogP contribution in [0.15, 0.2) is 24.3 Å². The number of benzene rings is 1. The molecule has 0 aromatic heterocycles. The maximum absolute atomic E-state index is 11.6. The van der Waals surface area contributed by atoms with E-state index in [0.717, 1.165) is 18.4 Å². The summed E-state index contributed by atoms with van der Waals surface area (Å²) in [6.07, 6.45) is 2.31. The molecule has 0 aliphatic heterocycles. The van der Waals surface area contributed by atoms with Gasteiger partial charge in [-0.3, -0.25) is 4.79 Å². The Morgan fingerprint density at radius 3 is 2.19 bits per heavy atom. The molecule has 0 amide bonds. The average molecular weight is 219 g/mol. The smallest absolute Gasteiger partial charge is 0.176 e. The topological polar surface area (TPSA) is 29.1 Å². The summed E-state index contributed by atoms with van der Waals surface area (Å²) in [7, 11) is 1.79. The highest BCUT2D eigenvalue weighted by Gasteiger charge is 2.08. The van der Waals surface area contributed by atoms with Crippen LogP contribution in [-0.4, -0.2) is 19.4 Å². The lowest BCUT2D eigenvalue weighted by Gasteiger charge is -2.12. The van der Waals surface area contributed by atoms with Crippen LogP contribution in [0.4, 0.5) is 0 Å². The summed E-state index contributed by atoms with van der Waals surface area (Å²) >= 11 is 0. The summed E-state index contributed by atoms with van der Waals surface area (Å²) in [4.78, 5) is 11.6. The summed E-state index contributed by atoms with van der Waals surface area (Å²) in [6, 6.07) is 8.04. The predicted molar refractivity (Wildman–Crippen MR) is 68.0 cm³/mol. The van der Waals surface area contributed by atoms with E-state index in [4.69, 9.17) is 0 Å². The van der Waals surface area contributed by atoms with Crippen molar-refractivity contribution in [2.75, 3.05) is 13.6 Å². The Labute approximate surface area is 98.1 Å². The van der Waals surface area contributed by atoms with Crippen LogP contribution < -0.4 is 5.32 Å². The molecule has 0 heterocycles. The van der Waals surface area contributed by atoms with E-state index in [1.807, 2.05) is 12.1 Å². The second-order valence-corrected chi connectivity index (χ2v) is 4.09. The van der Waals surface area contributed by atoms with Crippen LogP contribution in [0.3, 0.4) is 0 Å². The zero-order valence-electron chi connectivity index (χ0n) is 10.4. The molecule has 1 N–H and O–H groups in total. The van der Waals surface area contributed by atoms with Crippen LogP contribution in [0.2, 0.25) is 0 Å². The molecule has 2 nitrogen and oxygen atoms in total. The Balaban J connectivity index is 2.78. The predicted octanol–water partition coefficient (Wildman–Crippen LogP) is 2.99. The zero-order valence-corrected chi connectivity index (χ0v) is 10.4. The zero-order chi connectivity index (χ0) is 12.0. The van der Waals surface area contributed by atoms with Crippen LogP contribution in [0.5, 0.6) is 0 Å². The quantitative estimate of drug-likeness (QED) is 0.745. The van der Waals surface area contributed by atoms with Gasteiger partial charge in [0.05, 0.1) is 6.54 Å². The molecule has 0 aliphatic carbocycles. The fourth-order valence-electron chi connectivity index (χ4n) is 1.96. The van der Waals surface area contributed by atoms with Gasteiger partial charge in [-0.05, 0) is 31.4 Å². The number of nitrogens with one attached hydrogen (secondary N) is 1. The molecule has 0 fully saturated rings. The van der Waals surface area contributed by atoms with Crippen molar-refractivity contribution in [1.29, 1.82) is 0 Å². The van der Waals surface area contributed by atoms with Crippen molar-refractivity contribution in [2.24, 2.45) is 0 Å². The second kappa shape index (κ2) is 6.44. The van der Waals surface area contributed by atoms with E-state index in [0.29, 0.717) is 12.5 Å². The van der Waals surface area contributed by atoms with E-state index >= 15 is 0 Å². The van der Waals surface area contributed by atoms with Crippen molar-refractivity contribution in [1.82, 2.24) is 5.32 Å². The number of Topliss-reactive ketones (excluding diaryl/α,β-unsaturated/α-hetero) is 1. The van der Waals surface area contributed by atoms with Gasteiger partial charge in [0, 0.05) is 5.56 Å². The first-order valence-corrected chi connectivity index (χ1v) is 6.00. The summed E-state index contributed by atoms with van der Waals surface area (Å²) in [5.41, 5.74) is 2.13. The Morgan fingerprint density at radius 2 is 1.75 bits per heavy atom. The molecular formula is C14H21NO. The van der Waals surface area contributed by atoms with Gasteiger partial charge in [-0.25, -0.2) is 0 Å². The lowest BCUT2D eigenvalue weighted by molar-refractivity contribution is 0.0993. The Bertz CT molecular complexity index is 325. The molecule has 1 rings (SSSR count). The summed E-state index contributed by atoms with van der Waals surface area (Å²) < 4.78 is 0. The number of hydrogen-bond acceptors (Lipinski definition) is 2.